The van der Waals surface area contributed by atoms with Crippen LogP contribution in [0.2, 0.25) is 0 Å². The monoisotopic (exact) mass is 733 g/mol. The standard InChI is InChI=1S/C52H35N3O2/c1-32-39(15-9-16-40(32)38-29-30-47-44(31-38)41-13-5-7-18-45(41)56-47)35-23-27-37(28-24-35)51-53-50(36-25-21-34(22-26-36)33-11-3-2-4-12-33)54-52(55-51)43-17-10-20-48-49(43)42-14-6-8-19-46(42)57-48/h2-32,40H,1H3. The van der Waals surface area contributed by atoms with Crippen molar-refractivity contribution in [2.24, 2.45) is 5.92 Å². The van der Waals surface area contributed by atoms with Crippen LogP contribution in [0.15, 0.2) is 191 Å². The van der Waals surface area contributed by atoms with E-state index in [0.717, 1.165) is 71.7 Å². The van der Waals surface area contributed by atoms with Gasteiger partial charge in [0.15, 0.2) is 17.5 Å². The van der Waals surface area contributed by atoms with Crippen LogP contribution in [-0.4, -0.2) is 15.0 Å². The fourth-order valence-electron chi connectivity index (χ4n) is 8.47. The minimum atomic E-state index is 0.228. The predicted molar refractivity (Wildman–Crippen MR) is 232 cm³/mol. The summed E-state index contributed by atoms with van der Waals surface area (Å²) >= 11 is 0. The van der Waals surface area contributed by atoms with Crippen LogP contribution in [0.1, 0.15) is 24.0 Å². The molecule has 0 saturated carbocycles. The van der Waals surface area contributed by atoms with E-state index >= 15 is 0 Å². The summed E-state index contributed by atoms with van der Waals surface area (Å²) in [6, 6.07) is 56.6. The van der Waals surface area contributed by atoms with E-state index in [4.69, 9.17) is 23.8 Å². The van der Waals surface area contributed by atoms with Crippen LogP contribution in [-0.2, 0) is 0 Å². The molecule has 0 radical (unpaired) electrons. The number of rotatable bonds is 6. The van der Waals surface area contributed by atoms with Gasteiger partial charge in [0.1, 0.15) is 22.3 Å². The fraction of sp³-hybridized carbons (Fsp3) is 0.0577. The van der Waals surface area contributed by atoms with Crippen LogP contribution in [0.5, 0.6) is 0 Å². The lowest BCUT2D eigenvalue weighted by Gasteiger charge is -2.27. The topological polar surface area (TPSA) is 65.0 Å². The third-order valence-corrected chi connectivity index (χ3v) is 11.4. The third kappa shape index (κ3) is 5.75. The molecule has 2 unspecified atom stereocenters. The summed E-state index contributed by atoms with van der Waals surface area (Å²) in [7, 11) is 0. The molecule has 7 aromatic carbocycles. The summed E-state index contributed by atoms with van der Waals surface area (Å²) in [6.45, 7) is 2.32. The van der Waals surface area contributed by atoms with E-state index in [1.165, 1.54) is 16.7 Å². The molecule has 0 bridgehead atoms. The Labute approximate surface area is 329 Å². The average Bonchev–Trinajstić information content (AvgIpc) is 3.85. The average molecular weight is 734 g/mol. The highest BCUT2D eigenvalue weighted by Crippen LogP contribution is 2.42. The maximum absolute atomic E-state index is 6.26. The van der Waals surface area contributed by atoms with E-state index in [-0.39, 0.29) is 11.8 Å². The number of fused-ring (bicyclic) bond motifs is 6. The van der Waals surface area contributed by atoms with Crippen molar-refractivity contribution in [3.05, 3.63) is 193 Å². The van der Waals surface area contributed by atoms with Gasteiger partial charge in [-0.15, -0.1) is 0 Å². The lowest BCUT2D eigenvalue weighted by Crippen LogP contribution is -2.12. The summed E-state index contributed by atoms with van der Waals surface area (Å²) in [6.07, 6.45) is 6.76. The fourth-order valence-corrected chi connectivity index (χ4v) is 8.47. The molecular weight excluding hydrogens is 699 g/mol. The Kier molecular flexibility index (Phi) is 7.78. The number of benzene rings is 7. The summed E-state index contributed by atoms with van der Waals surface area (Å²) < 4.78 is 12.4. The van der Waals surface area contributed by atoms with Crippen LogP contribution in [0, 0.1) is 5.92 Å². The zero-order valence-corrected chi connectivity index (χ0v) is 31.1. The van der Waals surface area contributed by atoms with Crippen LogP contribution < -0.4 is 0 Å². The Morgan fingerprint density at radius 1 is 0.439 bits per heavy atom. The third-order valence-electron chi connectivity index (χ3n) is 11.4. The molecule has 3 aromatic heterocycles. The van der Waals surface area contributed by atoms with Crippen molar-refractivity contribution in [1.29, 1.82) is 0 Å². The smallest absolute Gasteiger partial charge is 0.164 e. The second-order valence-corrected chi connectivity index (χ2v) is 14.8. The van der Waals surface area contributed by atoms with E-state index < -0.39 is 0 Å². The second-order valence-electron chi connectivity index (χ2n) is 14.8. The van der Waals surface area contributed by atoms with Gasteiger partial charge in [-0.05, 0) is 64.1 Å². The van der Waals surface area contributed by atoms with Crippen molar-refractivity contribution in [2.75, 3.05) is 0 Å². The number of hydrogen-bond acceptors (Lipinski definition) is 5. The van der Waals surface area contributed by atoms with Gasteiger partial charge < -0.3 is 8.83 Å². The Bertz CT molecular complexity index is 3190. The Hall–Kier alpha value is -7.37. The lowest BCUT2D eigenvalue weighted by atomic mass is 9.77. The molecule has 5 nitrogen and oxygen atoms in total. The Morgan fingerprint density at radius 2 is 1.00 bits per heavy atom. The molecule has 0 saturated heterocycles. The molecule has 1 aliphatic carbocycles. The first-order valence-corrected chi connectivity index (χ1v) is 19.4. The van der Waals surface area contributed by atoms with Crippen molar-refractivity contribution in [3.63, 3.8) is 0 Å². The van der Waals surface area contributed by atoms with Crippen LogP contribution in [0.3, 0.4) is 0 Å². The number of nitrogens with zero attached hydrogens (tertiary/aromatic N) is 3. The van der Waals surface area contributed by atoms with Gasteiger partial charge in [-0.2, -0.15) is 0 Å². The normalized spacial score (nSPS) is 15.5. The molecule has 0 aliphatic heterocycles. The number of allylic oxidation sites excluding steroid dienone is 4. The van der Waals surface area contributed by atoms with Gasteiger partial charge in [-0.25, -0.2) is 15.0 Å². The Morgan fingerprint density at radius 3 is 1.75 bits per heavy atom. The number of para-hydroxylation sites is 2. The van der Waals surface area contributed by atoms with Gasteiger partial charge in [0, 0.05) is 44.2 Å². The van der Waals surface area contributed by atoms with Gasteiger partial charge in [-0.3, -0.25) is 0 Å². The van der Waals surface area contributed by atoms with Crippen molar-refractivity contribution in [2.45, 2.75) is 12.8 Å². The summed E-state index contributed by atoms with van der Waals surface area (Å²) in [5.74, 6) is 2.31. The summed E-state index contributed by atoms with van der Waals surface area (Å²) in [5, 5.41) is 4.33. The zero-order valence-electron chi connectivity index (χ0n) is 31.1. The van der Waals surface area contributed by atoms with Crippen molar-refractivity contribution in [1.82, 2.24) is 15.0 Å². The van der Waals surface area contributed by atoms with Gasteiger partial charge in [0.05, 0.1) is 0 Å². The van der Waals surface area contributed by atoms with E-state index in [2.05, 4.69) is 140 Å². The molecule has 270 valence electrons. The predicted octanol–water partition coefficient (Wildman–Crippen LogP) is 13.7. The molecule has 11 rings (SSSR count). The zero-order chi connectivity index (χ0) is 37.9. The first-order chi connectivity index (χ1) is 28.1. The van der Waals surface area contributed by atoms with Crippen LogP contribution in [0.4, 0.5) is 0 Å². The molecule has 5 heteroatoms. The highest BCUT2D eigenvalue weighted by molar-refractivity contribution is 6.11. The van der Waals surface area contributed by atoms with Gasteiger partial charge >= 0.3 is 0 Å². The molecule has 0 fully saturated rings. The lowest BCUT2D eigenvalue weighted by molar-refractivity contribution is 0.651. The van der Waals surface area contributed by atoms with Gasteiger partial charge in [0.25, 0.3) is 0 Å². The van der Waals surface area contributed by atoms with Crippen molar-refractivity contribution in [3.8, 4) is 45.3 Å². The van der Waals surface area contributed by atoms with Crippen LogP contribution >= 0.6 is 0 Å². The number of furan rings is 2. The molecule has 0 amide bonds. The summed E-state index contributed by atoms with van der Waals surface area (Å²) in [5.41, 5.74) is 12.3. The van der Waals surface area contributed by atoms with E-state index in [9.17, 15) is 0 Å². The van der Waals surface area contributed by atoms with Gasteiger partial charge in [0.2, 0.25) is 0 Å². The first kappa shape index (κ1) is 33.0. The quantitative estimate of drug-likeness (QED) is 0.170. The largest absolute Gasteiger partial charge is 0.456 e. The SMILES string of the molecule is CC1C(c2ccc(-c3nc(-c4ccc(-c5ccccc5)cc4)nc(-c4cccc5oc6ccccc6c45)n3)cc2)=CC=CC1c1ccc2oc3ccccc3c2c1. The van der Waals surface area contributed by atoms with Crippen LogP contribution in [0.25, 0.3) is 94.7 Å². The molecule has 0 N–H and O–H groups in total. The summed E-state index contributed by atoms with van der Waals surface area (Å²) in [4.78, 5) is 15.4. The molecule has 1 aliphatic rings. The molecule has 10 aromatic rings. The van der Waals surface area contributed by atoms with E-state index in [0.29, 0.717) is 17.5 Å². The number of aromatic nitrogens is 3. The molecule has 0 spiro atoms. The van der Waals surface area contributed by atoms with Crippen molar-refractivity contribution < 1.29 is 8.83 Å². The molecule has 3 heterocycles. The number of hydrogen-bond donors (Lipinski definition) is 0. The molecule has 57 heavy (non-hydrogen) atoms. The second kappa shape index (κ2) is 13.4. The highest BCUT2D eigenvalue weighted by Gasteiger charge is 2.25. The minimum absolute atomic E-state index is 0.228. The Balaban J connectivity index is 0.968. The minimum Gasteiger partial charge on any atom is -0.456 e. The highest BCUT2D eigenvalue weighted by atomic mass is 16.3. The maximum atomic E-state index is 6.26. The maximum Gasteiger partial charge on any atom is 0.164 e. The molecule has 2 atom stereocenters. The first-order valence-electron chi connectivity index (χ1n) is 19.4. The molecular formula is C52H35N3O2. The van der Waals surface area contributed by atoms with Gasteiger partial charge in [-0.1, -0.05) is 159 Å². The van der Waals surface area contributed by atoms with Crippen molar-refractivity contribution >= 4 is 49.5 Å². The van der Waals surface area contributed by atoms with E-state index in [1.807, 2.05) is 48.5 Å². The van der Waals surface area contributed by atoms with E-state index in [1.54, 1.807) is 0 Å².